The molecule has 0 spiro atoms. The van der Waals surface area contributed by atoms with E-state index in [0.717, 1.165) is 60.5 Å². The third-order valence-corrected chi connectivity index (χ3v) is 6.59. The van der Waals surface area contributed by atoms with Crippen molar-refractivity contribution in [2.45, 2.75) is 51.1 Å². The Morgan fingerprint density at radius 1 is 1.28 bits per heavy atom. The molecule has 1 fully saturated rings. The molecule has 2 N–H and O–H groups in total. The van der Waals surface area contributed by atoms with Gasteiger partial charge in [0.15, 0.2) is 0 Å². The summed E-state index contributed by atoms with van der Waals surface area (Å²) in [5.74, 6) is 0.944. The molecule has 1 saturated heterocycles. The Morgan fingerprint density at radius 2 is 2.12 bits per heavy atom. The Balaban J connectivity index is 1.29. The van der Waals surface area contributed by atoms with Crippen LogP contribution in [0.3, 0.4) is 0 Å². The maximum atomic E-state index is 6.10. The van der Waals surface area contributed by atoms with Gasteiger partial charge >= 0.3 is 0 Å². The molecule has 4 rings (SSSR count). The van der Waals surface area contributed by atoms with Gasteiger partial charge in [-0.1, -0.05) is 0 Å². The van der Waals surface area contributed by atoms with Gasteiger partial charge in [0, 0.05) is 29.1 Å². The molecule has 2 heterocycles. The summed E-state index contributed by atoms with van der Waals surface area (Å²) in [5.41, 5.74) is 8.37. The number of benzene rings is 1. The van der Waals surface area contributed by atoms with Crippen LogP contribution < -0.4 is 10.5 Å². The van der Waals surface area contributed by atoms with Crippen molar-refractivity contribution < 1.29 is 4.74 Å². The largest absolute Gasteiger partial charge is 0.494 e. The fraction of sp³-hybridized carbons (Fsp3) is 0.550. The Bertz CT molecular complexity index is 712. The van der Waals surface area contributed by atoms with Gasteiger partial charge in [-0.3, -0.25) is 0 Å². The smallest absolute Gasteiger partial charge is 0.123 e. The molecule has 0 amide bonds. The molecular weight excluding hydrogens is 330 g/mol. The van der Waals surface area contributed by atoms with E-state index in [4.69, 9.17) is 15.5 Å². The highest BCUT2D eigenvalue weighted by Gasteiger charge is 2.24. The summed E-state index contributed by atoms with van der Waals surface area (Å²) in [7, 11) is 0. The summed E-state index contributed by atoms with van der Waals surface area (Å²) < 4.78 is 5.91. The first kappa shape index (κ1) is 17.0. The van der Waals surface area contributed by atoms with Crippen molar-refractivity contribution in [1.82, 2.24) is 9.88 Å². The third-order valence-electron chi connectivity index (χ3n) is 5.41. The predicted molar refractivity (Wildman–Crippen MR) is 103 cm³/mol. The zero-order chi connectivity index (χ0) is 17.2. The van der Waals surface area contributed by atoms with Crippen molar-refractivity contribution in [3.05, 3.63) is 34.8 Å². The van der Waals surface area contributed by atoms with E-state index >= 15 is 0 Å². The second-order valence-corrected chi connectivity index (χ2v) is 8.31. The number of aromatic nitrogens is 1. The van der Waals surface area contributed by atoms with Crippen LogP contribution in [0, 0.1) is 0 Å². The Morgan fingerprint density at radius 3 is 2.84 bits per heavy atom. The van der Waals surface area contributed by atoms with Gasteiger partial charge < -0.3 is 15.4 Å². The molecule has 4 nitrogen and oxygen atoms in total. The predicted octanol–water partition coefficient (Wildman–Crippen LogP) is 4.01. The summed E-state index contributed by atoms with van der Waals surface area (Å²) in [4.78, 5) is 8.67. The molecule has 25 heavy (non-hydrogen) atoms. The van der Waals surface area contributed by atoms with Crippen LogP contribution in [0.4, 0.5) is 0 Å². The van der Waals surface area contributed by atoms with Crippen LogP contribution in [-0.4, -0.2) is 35.6 Å². The lowest BCUT2D eigenvalue weighted by Crippen LogP contribution is -2.28. The lowest BCUT2D eigenvalue weighted by Gasteiger charge is -2.20. The van der Waals surface area contributed by atoms with Crippen LogP contribution in [0.15, 0.2) is 24.3 Å². The Labute approximate surface area is 154 Å². The molecule has 1 aromatic carbocycles. The monoisotopic (exact) mass is 357 g/mol. The zero-order valence-corrected chi connectivity index (χ0v) is 15.7. The van der Waals surface area contributed by atoms with Gasteiger partial charge in [-0.25, -0.2) is 4.98 Å². The first-order chi connectivity index (χ1) is 12.2. The maximum absolute atomic E-state index is 6.10. The van der Waals surface area contributed by atoms with Crippen molar-refractivity contribution in [2.75, 3.05) is 19.7 Å². The number of ether oxygens (including phenoxy) is 1. The molecular formula is C20H27N3OS. The summed E-state index contributed by atoms with van der Waals surface area (Å²) in [6.45, 7) is 5.50. The molecule has 0 bridgehead atoms. The van der Waals surface area contributed by atoms with E-state index in [1.54, 1.807) is 11.3 Å². The van der Waals surface area contributed by atoms with Gasteiger partial charge in [0.2, 0.25) is 0 Å². The number of nitrogens with two attached hydrogens (primary N) is 1. The second-order valence-electron chi connectivity index (χ2n) is 7.23. The highest BCUT2D eigenvalue weighted by atomic mass is 32.1. The fourth-order valence-electron chi connectivity index (χ4n) is 3.86. The molecule has 1 aliphatic carbocycles. The van der Waals surface area contributed by atoms with Gasteiger partial charge in [0.05, 0.1) is 12.3 Å². The quantitative estimate of drug-likeness (QED) is 0.794. The van der Waals surface area contributed by atoms with Crippen LogP contribution >= 0.6 is 11.3 Å². The number of rotatable bonds is 6. The highest BCUT2D eigenvalue weighted by Crippen LogP contribution is 2.37. The number of nitrogens with zero attached hydrogens (tertiary/aromatic N) is 2. The van der Waals surface area contributed by atoms with Crippen molar-refractivity contribution in [1.29, 1.82) is 0 Å². The van der Waals surface area contributed by atoms with Crippen LogP contribution in [0.5, 0.6) is 5.75 Å². The lowest BCUT2D eigenvalue weighted by atomic mass is 10.2. The standard InChI is InChI=1S/C20H27N3OS/c1-14-4-2-11-23(14)12-3-13-24-16-7-5-15(6-8-16)20-22-19-17(21)9-10-18(19)25-20/h5-8,14,17H,2-4,9-13,21H2,1H3. The van der Waals surface area contributed by atoms with Crippen LogP contribution in [0.25, 0.3) is 10.6 Å². The van der Waals surface area contributed by atoms with Gasteiger partial charge in [-0.05, 0) is 69.8 Å². The highest BCUT2D eigenvalue weighted by molar-refractivity contribution is 7.15. The lowest BCUT2D eigenvalue weighted by molar-refractivity contribution is 0.230. The number of aryl methyl sites for hydroxylation is 1. The minimum absolute atomic E-state index is 0.126. The van der Waals surface area contributed by atoms with Gasteiger partial charge in [-0.15, -0.1) is 11.3 Å². The van der Waals surface area contributed by atoms with Gasteiger partial charge in [-0.2, -0.15) is 0 Å². The SMILES string of the molecule is CC1CCCN1CCCOc1ccc(-c2nc3c(s2)CCC3N)cc1. The molecule has 1 aliphatic heterocycles. The normalized spacial score (nSPS) is 23.1. The average Bonchev–Trinajstić information content (AvgIpc) is 3.31. The van der Waals surface area contributed by atoms with Gasteiger partial charge in [0.25, 0.3) is 0 Å². The molecule has 2 aliphatic rings. The molecule has 1 aromatic heterocycles. The van der Waals surface area contributed by atoms with E-state index < -0.39 is 0 Å². The molecule has 2 aromatic rings. The fourth-order valence-corrected chi connectivity index (χ4v) is 5.01. The first-order valence-electron chi connectivity index (χ1n) is 9.43. The summed E-state index contributed by atoms with van der Waals surface area (Å²) in [5, 5.41) is 1.08. The second kappa shape index (κ2) is 7.44. The van der Waals surface area contributed by atoms with Crippen molar-refractivity contribution >= 4 is 11.3 Å². The number of fused-ring (bicyclic) bond motifs is 1. The minimum atomic E-state index is 0.126. The van der Waals surface area contributed by atoms with Crippen molar-refractivity contribution in [3.8, 4) is 16.3 Å². The number of hydrogen-bond acceptors (Lipinski definition) is 5. The Kier molecular flexibility index (Phi) is 5.06. The molecule has 0 radical (unpaired) electrons. The number of hydrogen-bond donors (Lipinski definition) is 1. The van der Waals surface area contributed by atoms with Crippen LogP contribution in [0.1, 0.15) is 49.2 Å². The van der Waals surface area contributed by atoms with Crippen molar-refractivity contribution in [2.24, 2.45) is 5.73 Å². The summed E-state index contributed by atoms with van der Waals surface area (Å²) in [6.07, 6.45) is 5.88. The zero-order valence-electron chi connectivity index (χ0n) is 14.9. The van der Waals surface area contributed by atoms with E-state index in [2.05, 4.69) is 36.1 Å². The molecule has 0 saturated carbocycles. The third kappa shape index (κ3) is 3.73. The Hall–Kier alpha value is -1.43. The van der Waals surface area contributed by atoms with E-state index in [9.17, 15) is 0 Å². The molecule has 5 heteroatoms. The molecule has 2 unspecified atom stereocenters. The summed E-state index contributed by atoms with van der Waals surface area (Å²) in [6, 6.07) is 9.20. The number of likely N-dealkylation sites (tertiary alicyclic amines) is 1. The molecule has 134 valence electrons. The maximum Gasteiger partial charge on any atom is 0.123 e. The van der Waals surface area contributed by atoms with E-state index in [1.807, 2.05) is 0 Å². The van der Waals surface area contributed by atoms with Gasteiger partial charge in [0.1, 0.15) is 10.8 Å². The topological polar surface area (TPSA) is 51.4 Å². The van der Waals surface area contributed by atoms with Crippen LogP contribution in [0.2, 0.25) is 0 Å². The van der Waals surface area contributed by atoms with Crippen molar-refractivity contribution in [3.63, 3.8) is 0 Å². The van der Waals surface area contributed by atoms with E-state index in [0.29, 0.717) is 0 Å². The van der Waals surface area contributed by atoms with Crippen LogP contribution in [-0.2, 0) is 6.42 Å². The number of thiazole rings is 1. The van der Waals surface area contributed by atoms with E-state index in [-0.39, 0.29) is 6.04 Å². The van der Waals surface area contributed by atoms with E-state index in [1.165, 1.54) is 24.3 Å². The summed E-state index contributed by atoms with van der Waals surface area (Å²) >= 11 is 1.78. The minimum Gasteiger partial charge on any atom is -0.494 e. The molecule has 2 atom stereocenters. The first-order valence-corrected chi connectivity index (χ1v) is 10.2. The average molecular weight is 358 g/mol.